The van der Waals surface area contributed by atoms with Gasteiger partial charge in [-0.3, -0.25) is 4.79 Å². The number of benzene rings is 2. The summed E-state index contributed by atoms with van der Waals surface area (Å²) in [6.07, 6.45) is 0. The third kappa shape index (κ3) is 4.27. The van der Waals surface area contributed by atoms with Crippen LogP contribution in [0.5, 0.6) is 0 Å². The fraction of sp³-hybridized carbons (Fsp3) is 0.133. The first-order valence-electron chi connectivity index (χ1n) is 5.77. The molecule has 98 valence electrons. The first kappa shape index (κ1) is 14.4. The Labute approximate surface area is 126 Å². The van der Waals surface area contributed by atoms with Crippen molar-refractivity contribution in [1.82, 2.24) is 0 Å². The molecule has 0 radical (unpaired) electrons. The zero-order chi connectivity index (χ0) is 13.7. The molecule has 0 heterocycles. The zero-order valence-corrected chi connectivity index (χ0v) is 12.4. The van der Waals surface area contributed by atoms with Crippen LogP contribution < -0.4 is 0 Å². The second-order valence-electron chi connectivity index (χ2n) is 4.01. The molecule has 0 atom stereocenters. The smallest absolute Gasteiger partial charge is 0.172 e. The molecule has 0 unspecified atom stereocenters. The maximum Gasteiger partial charge on any atom is 0.172 e. The van der Waals surface area contributed by atoms with E-state index in [-0.39, 0.29) is 5.78 Å². The minimum atomic E-state index is 0.105. The Morgan fingerprint density at radius 2 is 1.68 bits per heavy atom. The number of Topliss-reactive ketones (excluding diaryl/α,β-unsaturated/α-hetero) is 1. The van der Waals surface area contributed by atoms with Gasteiger partial charge in [-0.2, -0.15) is 0 Å². The van der Waals surface area contributed by atoms with Crippen LogP contribution in [0.25, 0.3) is 0 Å². The first-order valence-corrected chi connectivity index (χ1v) is 7.68. The molecule has 2 rings (SSSR count). The highest BCUT2D eigenvalue weighted by Gasteiger charge is 2.06. The molecule has 0 aromatic heterocycles. The average molecular weight is 311 g/mol. The van der Waals surface area contributed by atoms with Gasteiger partial charge >= 0.3 is 0 Å². The monoisotopic (exact) mass is 310 g/mol. The summed E-state index contributed by atoms with van der Waals surface area (Å²) in [6.45, 7) is 0. The van der Waals surface area contributed by atoms with Gasteiger partial charge in [0.1, 0.15) is 0 Å². The summed E-state index contributed by atoms with van der Waals surface area (Å²) in [5.74, 6) is 1.28. The van der Waals surface area contributed by atoms with Gasteiger partial charge in [0.25, 0.3) is 0 Å². The summed E-state index contributed by atoms with van der Waals surface area (Å²) < 4.78 is 0. The standard InChI is InChI=1S/C15H12Cl2OS/c16-13-7-5-11(6-8-13)15(18)10-19-9-12-3-1-2-4-14(12)17/h1-8H,9-10H2. The van der Waals surface area contributed by atoms with Gasteiger partial charge in [-0.15, -0.1) is 11.8 Å². The Kier molecular flexibility index (Phi) is 5.32. The topological polar surface area (TPSA) is 17.1 Å². The maximum absolute atomic E-state index is 11.9. The predicted octanol–water partition coefficient (Wildman–Crippen LogP) is 5.11. The van der Waals surface area contributed by atoms with Gasteiger partial charge in [0, 0.05) is 21.4 Å². The molecule has 0 spiro atoms. The molecular weight excluding hydrogens is 299 g/mol. The Bertz CT molecular complexity index is 567. The Morgan fingerprint density at radius 3 is 2.37 bits per heavy atom. The second kappa shape index (κ2) is 6.99. The minimum absolute atomic E-state index is 0.105. The van der Waals surface area contributed by atoms with Gasteiger partial charge < -0.3 is 0 Å². The Hall–Kier alpha value is -0.960. The van der Waals surface area contributed by atoms with E-state index in [1.54, 1.807) is 36.0 Å². The van der Waals surface area contributed by atoms with Crippen molar-refractivity contribution in [3.05, 3.63) is 69.7 Å². The Morgan fingerprint density at radius 1 is 1.00 bits per heavy atom. The van der Waals surface area contributed by atoms with Crippen molar-refractivity contribution in [2.45, 2.75) is 5.75 Å². The highest BCUT2D eigenvalue weighted by molar-refractivity contribution is 7.99. The summed E-state index contributed by atoms with van der Waals surface area (Å²) in [6, 6.07) is 14.6. The van der Waals surface area contributed by atoms with E-state index < -0.39 is 0 Å². The largest absolute Gasteiger partial charge is 0.293 e. The van der Waals surface area contributed by atoms with Crippen molar-refractivity contribution in [1.29, 1.82) is 0 Å². The molecule has 0 amide bonds. The van der Waals surface area contributed by atoms with Crippen molar-refractivity contribution in [2.24, 2.45) is 0 Å². The lowest BCUT2D eigenvalue weighted by Gasteiger charge is -2.04. The molecule has 0 fully saturated rings. The third-order valence-corrected chi connectivity index (χ3v) is 4.22. The van der Waals surface area contributed by atoms with Crippen molar-refractivity contribution in [3.8, 4) is 0 Å². The average Bonchev–Trinajstić information content (AvgIpc) is 2.41. The SMILES string of the molecule is O=C(CSCc1ccccc1Cl)c1ccc(Cl)cc1. The van der Waals surface area contributed by atoms with Crippen molar-refractivity contribution in [2.75, 3.05) is 5.75 Å². The van der Waals surface area contributed by atoms with Crippen LogP contribution in [0.4, 0.5) is 0 Å². The normalized spacial score (nSPS) is 10.4. The van der Waals surface area contributed by atoms with Crippen molar-refractivity contribution >= 4 is 40.7 Å². The van der Waals surface area contributed by atoms with Crippen molar-refractivity contribution < 1.29 is 4.79 Å². The van der Waals surface area contributed by atoms with Crippen LogP contribution in [-0.2, 0) is 5.75 Å². The van der Waals surface area contributed by atoms with E-state index in [1.165, 1.54) is 0 Å². The Balaban J connectivity index is 1.88. The second-order valence-corrected chi connectivity index (χ2v) is 5.84. The number of hydrogen-bond acceptors (Lipinski definition) is 2. The fourth-order valence-electron chi connectivity index (χ4n) is 1.59. The molecule has 0 saturated heterocycles. The van der Waals surface area contributed by atoms with Gasteiger partial charge in [-0.25, -0.2) is 0 Å². The number of rotatable bonds is 5. The third-order valence-electron chi connectivity index (χ3n) is 2.61. The van der Waals surface area contributed by atoms with Gasteiger partial charge in [-0.05, 0) is 35.9 Å². The number of halogens is 2. The number of carbonyl (C=O) groups excluding carboxylic acids is 1. The van der Waals surface area contributed by atoms with E-state index in [0.29, 0.717) is 16.3 Å². The van der Waals surface area contributed by atoms with E-state index in [2.05, 4.69) is 0 Å². The summed E-state index contributed by atoms with van der Waals surface area (Å²) in [5.41, 5.74) is 1.74. The summed E-state index contributed by atoms with van der Waals surface area (Å²) in [7, 11) is 0. The molecule has 0 N–H and O–H groups in total. The summed E-state index contributed by atoms with van der Waals surface area (Å²) >= 11 is 13.4. The maximum atomic E-state index is 11.9. The van der Waals surface area contributed by atoms with Gasteiger partial charge in [-0.1, -0.05) is 41.4 Å². The lowest BCUT2D eigenvalue weighted by molar-refractivity contribution is 0.102. The van der Waals surface area contributed by atoms with Crippen LogP contribution >= 0.6 is 35.0 Å². The molecular formula is C15H12Cl2OS. The quantitative estimate of drug-likeness (QED) is 0.714. The lowest BCUT2D eigenvalue weighted by atomic mass is 10.1. The van der Waals surface area contributed by atoms with Crippen LogP contribution in [0.3, 0.4) is 0 Å². The van der Waals surface area contributed by atoms with Crippen LogP contribution in [0.1, 0.15) is 15.9 Å². The number of thioether (sulfide) groups is 1. The highest BCUT2D eigenvalue weighted by Crippen LogP contribution is 2.21. The highest BCUT2D eigenvalue weighted by atomic mass is 35.5. The number of hydrogen-bond donors (Lipinski definition) is 0. The molecule has 4 heteroatoms. The lowest BCUT2D eigenvalue weighted by Crippen LogP contribution is -2.02. The van der Waals surface area contributed by atoms with E-state index in [9.17, 15) is 4.79 Å². The van der Waals surface area contributed by atoms with Crippen LogP contribution in [0.2, 0.25) is 10.0 Å². The van der Waals surface area contributed by atoms with Gasteiger partial charge in [0.2, 0.25) is 0 Å². The van der Waals surface area contributed by atoms with Crippen molar-refractivity contribution in [3.63, 3.8) is 0 Å². The predicted molar refractivity (Wildman–Crippen MR) is 83.4 cm³/mol. The van der Waals surface area contributed by atoms with Gasteiger partial charge in [0.05, 0.1) is 5.75 Å². The molecule has 0 bridgehead atoms. The zero-order valence-electron chi connectivity index (χ0n) is 10.1. The molecule has 0 aliphatic carbocycles. The molecule has 1 nitrogen and oxygen atoms in total. The molecule has 0 saturated carbocycles. The minimum Gasteiger partial charge on any atom is -0.293 e. The summed E-state index contributed by atoms with van der Waals surface area (Å²) in [4.78, 5) is 11.9. The molecule has 0 aliphatic rings. The van der Waals surface area contributed by atoms with E-state index in [4.69, 9.17) is 23.2 Å². The first-order chi connectivity index (χ1) is 9.16. The molecule has 19 heavy (non-hydrogen) atoms. The number of ketones is 1. The molecule has 2 aromatic rings. The molecule has 0 aliphatic heterocycles. The van der Waals surface area contributed by atoms with E-state index in [0.717, 1.165) is 16.3 Å². The number of carbonyl (C=O) groups is 1. The summed E-state index contributed by atoms with van der Waals surface area (Å²) in [5, 5.41) is 1.38. The fourth-order valence-corrected chi connectivity index (χ4v) is 2.92. The van der Waals surface area contributed by atoms with E-state index in [1.807, 2.05) is 24.3 Å². The van der Waals surface area contributed by atoms with Crippen LogP contribution in [0, 0.1) is 0 Å². The van der Waals surface area contributed by atoms with Crippen LogP contribution in [0.15, 0.2) is 48.5 Å². The van der Waals surface area contributed by atoms with E-state index >= 15 is 0 Å². The molecule has 2 aromatic carbocycles. The van der Waals surface area contributed by atoms with Gasteiger partial charge in [0.15, 0.2) is 5.78 Å². The van der Waals surface area contributed by atoms with Crippen LogP contribution in [-0.4, -0.2) is 11.5 Å².